The number of hydrogen-bond acceptors (Lipinski definition) is 5. The molecule has 6 atom stereocenters. The third-order valence-corrected chi connectivity index (χ3v) is 12.0. The monoisotopic (exact) mass is 758 g/mol. The minimum atomic E-state index is -2.79. The molecular formula is C33H19Cl4F5N2O5. The Morgan fingerprint density at radius 3 is 2.06 bits per heavy atom. The molecule has 1 N–H and O–H groups in total. The summed E-state index contributed by atoms with van der Waals surface area (Å²) in [7, 11) is 0. The molecule has 3 aromatic carbocycles. The lowest BCUT2D eigenvalue weighted by molar-refractivity contribution is -0.125. The quantitative estimate of drug-likeness (QED) is 0.0747. The SMILES string of the molecule is Cc1ccc(N2C(=O)[C@H]3[C@H](CC=C4[C@H]3C[C@@]3(Cl)C(=O)N(c5c(F)c(F)c(F)c(F)c5F)C(=O)[C@@]3(Cl)[C@H]4c3cc(Cl)ccc3O)C2=O)cc1Cl. The molecule has 0 unspecified atom stereocenters. The fourth-order valence-corrected chi connectivity index (χ4v) is 8.93. The zero-order chi connectivity index (χ0) is 35.6. The molecule has 2 saturated heterocycles. The first kappa shape index (κ1) is 33.8. The Bertz CT molecular complexity index is 2090. The van der Waals surface area contributed by atoms with E-state index in [1.165, 1.54) is 30.3 Å². The number of phenolic OH excluding ortho intramolecular Hbond substituents is 1. The van der Waals surface area contributed by atoms with Gasteiger partial charge in [0.25, 0.3) is 11.8 Å². The van der Waals surface area contributed by atoms with E-state index in [-0.39, 0.29) is 38.2 Å². The molecule has 2 aliphatic carbocycles. The highest BCUT2D eigenvalue weighted by atomic mass is 35.5. The van der Waals surface area contributed by atoms with Crippen LogP contribution >= 0.6 is 46.4 Å². The minimum Gasteiger partial charge on any atom is -0.508 e. The first-order chi connectivity index (χ1) is 23.0. The Kier molecular flexibility index (Phi) is 7.68. The van der Waals surface area contributed by atoms with E-state index in [0.29, 0.717) is 5.56 Å². The standard InChI is InChI=1S/C33H19Cl4F5N2O5/c1-11-2-4-13(9-18(11)35)43-28(46)15-6-5-14-17(20(15)29(43)47)10-32(36)30(48)44(27-25(41)23(39)22(38)24(40)26(27)42)31(49)33(32,37)21(14)16-8-12(34)3-7-19(16)45/h2-5,7-9,15,17,20-21,45H,6,10H2,1H3/t15-,17+,20-,21+,32+,33-/m0/s1. The number of nitrogens with zero attached hydrogens (tertiary/aromatic N) is 2. The van der Waals surface area contributed by atoms with Crippen LogP contribution in [0.4, 0.5) is 33.3 Å². The highest BCUT2D eigenvalue weighted by Gasteiger charge is 2.77. The van der Waals surface area contributed by atoms with Crippen LogP contribution in [-0.2, 0) is 19.2 Å². The van der Waals surface area contributed by atoms with Gasteiger partial charge in [-0.2, -0.15) is 0 Å². The Morgan fingerprint density at radius 1 is 0.796 bits per heavy atom. The second-order valence-electron chi connectivity index (χ2n) is 12.3. The number of carbonyl (C=O) groups excluding carboxylic acids is 4. The molecule has 4 amide bonds. The fourth-order valence-electron chi connectivity index (χ4n) is 7.64. The Balaban J connectivity index is 1.44. The summed E-state index contributed by atoms with van der Waals surface area (Å²) >= 11 is 26.7. The number of alkyl halides is 2. The normalized spacial score (nSPS) is 29.3. The molecule has 0 aromatic heterocycles. The molecule has 3 aromatic rings. The maximum absolute atomic E-state index is 15.2. The van der Waals surface area contributed by atoms with Crippen molar-refractivity contribution in [3.8, 4) is 5.75 Å². The number of aryl methyl sites for hydroxylation is 1. The van der Waals surface area contributed by atoms with Crippen LogP contribution in [0.2, 0.25) is 10.0 Å². The number of aromatic hydroxyl groups is 1. The van der Waals surface area contributed by atoms with Gasteiger partial charge in [0.05, 0.1) is 17.5 Å². The molecule has 2 aliphatic heterocycles. The molecule has 0 bridgehead atoms. The fraction of sp³-hybridized carbons (Fsp3) is 0.273. The van der Waals surface area contributed by atoms with Crippen molar-refractivity contribution in [1.29, 1.82) is 0 Å². The maximum atomic E-state index is 15.2. The Morgan fingerprint density at radius 2 is 1.43 bits per heavy atom. The Labute approximate surface area is 293 Å². The zero-order valence-corrected chi connectivity index (χ0v) is 27.7. The van der Waals surface area contributed by atoms with Crippen LogP contribution in [0.3, 0.4) is 0 Å². The molecule has 3 fully saturated rings. The number of amides is 4. The van der Waals surface area contributed by atoms with E-state index >= 15 is 8.78 Å². The molecule has 4 aliphatic rings. The summed E-state index contributed by atoms with van der Waals surface area (Å²) in [5.74, 6) is -22.6. The van der Waals surface area contributed by atoms with Gasteiger partial charge in [-0.1, -0.05) is 40.9 Å². The molecule has 49 heavy (non-hydrogen) atoms. The molecule has 7 rings (SSSR count). The number of imide groups is 2. The lowest BCUT2D eigenvalue weighted by Crippen LogP contribution is -2.60. The number of fused-ring (bicyclic) bond motifs is 4. The van der Waals surface area contributed by atoms with Crippen LogP contribution < -0.4 is 9.80 Å². The highest BCUT2D eigenvalue weighted by molar-refractivity contribution is 6.58. The number of phenols is 1. The second-order valence-corrected chi connectivity index (χ2v) is 14.4. The number of benzene rings is 3. The van der Waals surface area contributed by atoms with E-state index in [1.807, 2.05) is 0 Å². The second kappa shape index (κ2) is 11.1. The van der Waals surface area contributed by atoms with Gasteiger partial charge < -0.3 is 5.11 Å². The maximum Gasteiger partial charge on any atom is 0.258 e. The molecule has 2 heterocycles. The van der Waals surface area contributed by atoms with Crippen molar-refractivity contribution < 1.29 is 46.2 Å². The predicted octanol–water partition coefficient (Wildman–Crippen LogP) is 7.47. The van der Waals surface area contributed by atoms with Crippen molar-refractivity contribution in [3.63, 3.8) is 0 Å². The number of anilines is 2. The van der Waals surface area contributed by atoms with Gasteiger partial charge in [-0.25, -0.2) is 31.8 Å². The molecule has 0 radical (unpaired) electrons. The smallest absolute Gasteiger partial charge is 0.258 e. The minimum absolute atomic E-state index is 0.00703. The van der Waals surface area contributed by atoms with Gasteiger partial charge in [0.15, 0.2) is 33.0 Å². The Hall–Kier alpha value is -3.71. The third-order valence-electron chi connectivity index (χ3n) is 9.94. The molecule has 1 saturated carbocycles. The van der Waals surface area contributed by atoms with Gasteiger partial charge in [-0.3, -0.25) is 19.2 Å². The van der Waals surface area contributed by atoms with E-state index in [4.69, 9.17) is 46.4 Å². The van der Waals surface area contributed by atoms with Gasteiger partial charge >= 0.3 is 0 Å². The van der Waals surface area contributed by atoms with Gasteiger partial charge in [-0.15, -0.1) is 23.2 Å². The lowest BCUT2D eigenvalue weighted by Gasteiger charge is -2.50. The number of carbonyl (C=O) groups is 4. The van der Waals surface area contributed by atoms with Crippen molar-refractivity contribution in [1.82, 2.24) is 0 Å². The third kappa shape index (κ3) is 4.33. The first-order valence-corrected chi connectivity index (χ1v) is 16.1. The van der Waals surface area contributed by atoms with Crippen LogP contribution in [0.25, 0.3) is 0 Å². The molecule has 254 valence electrons. The lowest BCUT2D eigenvalue weighted by atomic mass is 9.56. The van der Waals surface area contributed by atoms with Gasteiger partial charge in [0.1, 0.15) is 11.4 Å². The molecule has 0 spiro atoms. The first-order valence-electron chi connectivity index (χ1n) is 14.6. The van der Waals surface area contributed by atoms with Crippen molar-refractivity contribution >= 4 is 81.4 Å². The van der Waals surface area contributed by atoms with E-state index in [1.54, 1.807) is 13.0 Å². The average molecular weight is 760 g/mol. The molecule has 16 heteroatoms. The van der Waals surface area contributed by atoms with Crippen LogP contribution in [0, 0.1) is 53.8 Å². The van der Waals surface area contributed by atoms with E-state index in [9.17, 15) is 37.5 Å². The van der Waals surface area contributed by atoms with Crippen molar-refractivity contribution in [2.45, 2.75) is 35.4 Å². The zero-order valence-electron chi connectivity index (χ0n) is 24.6. The summed E-state index contributed by atoms with van der Waals surface area (Å²) in [6.45, 7) is 1.72. The summed E-state index contributed by atoms with van der Waals surface area (Å²) in [6.07, 6.45) is 0.731. The van der Waals surface area contributed by atoms with E-state index < -0.39 is 104 Å². The van der Waals surface area contributed by atoms with E-state index in [0.717, 1.165) is 11.0 Å². The van der Waals surface area contributed by atoms with Crippen LogP contribution in [-0.4, -0.2) is 38.5 Å². The van der Waals surface area contributed by atoms with Crippen LogP contribution in [0.5, 0.6) is 5.75 Å². The summed E-state index contributed by atoms with van der Waals surface area (Å²) < 4.78 is 73.1. The molecular weight excluding hydrogens is 741 g/mol. The van der Waals surface area contributed by atoms with Crippen LogP contribution in [0.15, 0.2) is 48.0 Å². The largest absolute Gasteiger partial charge is 0.508 e. The summed E-state index contributed by atoms with van der Waals surface area (Å²) in [4.78, 5) is 51.6. The van der Waals surface area contributed by atoms with Gasteiger partial charge in [0.2, 0.25) is 17.6 Å². The average Bonchev–Trinajstić information content (AvgIpc) is 3.40. The highest BCUT2D eigenvalue weighted by Crippen LogP contribution is 2.67. The number of rotatable bonds is 3. The number of halogens is 9. The number of hydrogen-bond donors (Lipinski definition) is 1. The van der Waals surface area contributed by atoms with Gasteiger partial charge in [-0.05, 0) is 61.6 Å². The predicted molar refractivity (Wildman–Crippen MR) is 168 cm³/mol. The van der Waals surface area contributed by atoms with Crippen molar-refractivity contribution in [2.75, 3.05) is 9.80 Å². The summed E-state index contributed by atoms with van der Waals surface area (Å²) in [5.41, 5.74) is -1.10. The van der Waals surface area contributed by atoms with Crippen molar-refractivity contribution in [2.24, 2.45) is 17.8 Å². The van der Waals surface area contributed by atoms with Crippen LogP contribution in [0.1, 0.15) is 29.9 Å². The van der Waals surface area contributed by atoms with Crippen molar-refractivity contribution in [3.05, 3.63) is 98.3 Å². The summed E-state index contributed by atoms with van der Waals surface area (Å²) in [5, 5.41) is 11.3. The van der Waals surface area contributed by atoms with Gasteiger partial charge in [0, 0.05) is 21.5 Å². The number of allylic oxidation sites excluding steroid dienone is 2. The molecule has 7 nitrogen and oxygen atoms in total. The summed E-state index contributed by atoms with van der Waals surface area (Å²) in [6, 6.07) is 8.17. The van der Waals surface area contributed by atoms with E-state index in [2.05, 4.69) is 0 Å². The topological polar surface area (TPSA) is 95.0 Å².